The second kappa shape index (κ2) is 6.31. The molecule has 3 rings (SSSR count). The molecule has 22 heavy (non-hydrogen) atoms. The average molecular weight is 347 g/mol. The van der Waals surface area contributed by atoms with Gasteiger partial charge < -0.3 is 9.47 Å². The van der Waals surface area contributed by atoms with Crippen molar-refractivity contribution in [3.63, 3.8) is 0 Å². The van der Waals surface area contributed by atoms with Crippen molar-refractivity contribution in [3.8, 4) is 5.88 Å². The molecule has 1 aliphatic carbocycles. The number of pyridine rings is 1. The molecule has 1 saturated heterocycles. The van der Waals surface area contributed by atoms with Crippen LogP contribution in [0.1, 0.15) is 31.2 Å². The van der Waals surface area contributed by atoms with Gasteiger partial charge in [0.2, 0.25) is 15.9 Å². The molecule has 0 spiro atoms. The second-order valence-electron chi connectivity index (χ2n) is 5.64. The van der Waals surface area contributed by atoms with E-state index >= 15 is 0 Å². The van der Waals surface area contributed by atoms with Gasteiger partial charge in [0.15, 0.2) is 4.21 Å². The molecule has 2 fully saturated rings. The molecular weight excluding hydrogens is 328 g/mol. The molecule has 0 atom stereocenters. The Hall–Kier alpha value is -0.890. The molecule has 122 valence electrons. The highest BCUT2D eigenvalue weighted by molar-refractivity contribution is 7.92. The minimum absolute atomic E-state index is 0.103. The lowest BCUT2D eigenvalue weighted by atomic mass is 10.1. The van der Waals surface area contributed by atoms with Crippen LogP contribution < -0.4 is 9.46 Å². The molecule has 1 N–H and O–H groups in total. The molecule has 0 radical (unpaired) electrons. The summed E-state index contributed by atoms with van der Waals surface area (Å²) in [7, 11) is -3.49. The third kappa shape index (κ3) is 3.71. The van der Waals surface area contributed by atoms with E-state index in [1.165, 1.54) is 0 Å². The fourth-order valence-corrected chi connectivity index (χ4v) is 3.78. The van der Waals surface area contributed by atoms with Crippen LogP contribution in [0.5, 0.6) is 5.88 Å². The van der Waals surface area contributed by atoms with Gasteiger partial charge in [-0.25, -0.2) is 18.1 Å². The van der Waals surface area contributed by atoms with Gasteiger partial charge in [-0.1, -0.05) is 0 Å². The highest BCUT2D eigenvalue weighted by atomic mass is 35.5. The van der Waals surface area contributed by atoms with Gasteiger partial charge in [-0.2, -0.15) is 0 Å². The number of sulfonamides is 1. The van der Waals surface area contributed by atoms with Crippen LogP contribution in [0.25, 0.3) is 0 Å². The van der Waals surface area contributed by atoms with Gasteiger partial charge in [0.25, 0.3) is 0 Å². The fourth-order valence-electron chi connectivity index (χ4n) is 2.26. The van der Waals surface area contributed by atoms with Gasteiger partial charge in [0, 0.05) is 31.6 Å². The van der Waals surface area contributed by atoms with E-state index in [0.717, 1.165) is 18.4 Å². The van der Waals surface area contributed by atoms with Crippen molar-refractivity contribution in [2.45, 2.75) is 42.5 Å². The first kappa shape index (κ1) is 16.0. The van der Waals surface area contributed by atoms with Gasteiger partial charge in [0.05, 0.1) is 13.2 Å². The topological polar surface area (TPSA) is 77.5 Å². The van der Waals surface area contributed by atoms with Crippen molar-refractivity contribution < 1.29 is 17.9 Å². The van der Waals surface area contributed by atoms with E-state index < -0.39 is 14.2 Å². The summed E-state index contributed by atoms with van der Waals surface area (Å²) in [5.41, 5.74) is 0.793. The molecule has 0 unspecified atom stereocenters. The summed E-state index contributed by atoms with van der Waals surface area (Å²) >= 11 is 5.96. The van der Waals surface area contributed by atoms with Crippen LogP contribution in [-0.4, -0.2) is 36.9 Å². The van der Waals surface area contributed by atoms with E-state index in [1.54, 1.807) is 18.3 Å². The van der Waals surface area contributed by atoms with Crippen LogP contribution in [0.3, 0.4) is 0 Å². The second-order valence-corrected chi connectivity index (χ2v) is 8.66. The number of ether oxygens (including phenoxy) is 2. The van der Waals surface area contributed by atoms with Gasteiger partial charge in [0.1, 0.15) is 6.10 Å². The Morgan fingerprint density at radius 1 is 1.41 bits per heavy atom. The molecule has 1 aliphatic heterocycles. The number of hydrogen-bond donors (Lipinski definition) is 1. The summed E-state index contributed by atoms with van der Waals surface area (Å²) in [6.07, 6.45) is 4.40. The number of nitrogens with one attached hydrogen (secondary N) is 1. The van der Waals surface area contributed by atoms with Gasteiger partial charge in [-0.05, 0) is 24.5 Å². The lowest BCUT2D eigenvalue weighted by molar-refractivity contribution is 0.0237. The maximum atomic E-state index is 12.0. The molecule has 0 amide bonds. The number of nitrogens with zero attached hydrogens (tertiary/aromatic N) is 1. The van der Waals surface area contributed by atoms with E-state index in [9.17, 15) is 8.42 Å². The van der Waals surface area contributed by atoms with Crippen molar-refractivity contribution in [1.82, 2.24) is 9.71 Å². The highest BCUT2D eigenvalue weighted by Crippen LogP contribution is 2.46. The first-order valence-electron chi connectivity index (χ1n) is 7.36. The molecule has 2 heterocycles. The first-order valence-corrected chi connectivity index (χ1v) is 9.22. The lowest BCUT2D eigenvalue weighted by Crippen LogP contribution is -2.32. The number of alkyl halides is 1. The third-order valence-electron chi connectivity index (χ3n) is 3.85. The van der Waals surface area contributed by atoms with Crippen LogP contribution in [0.15, 0.2) is 18.3 Å². The normalized spacial score (nSPS) is 21.5. The molecular formula is C14H19ClN2O4S. The molecule has 1 aromatic rings. The Bertz CT molecular complexity index is 627. The molecule has 6 nitrogen and oxygen atoms in total. The zero-order valence-electron chi connectivity index (χ0n) is 12.1. The molecule has 2 aliphatic rings. The van der Waals surface area contributed by atoms with Gasteiger partial charge in [-0.15, -0.1) is 11.6 Å². The van der Waals surface area contributed by atoms with Gasteiger partial charge in [-0.3, -0.25) is 0 Å². The molecule has 0 bridgehead atoms. The molecule has 0 aromatic carbocycles. The largest absolute Gasteiger partial charge is 0.474 e. The Morgan fingerprint density at radius 3 is 2.82 bits per heavy atom. The summed E-state index contributed by atoms with van der Waals surface area (Å²) in [6.45, 7) is 1.58. The lowest BCUT2D eigenvalue weighted by Gasteiger charge is -2.22. The summed E-state index contributed by atoms with van der Waals surface area (Å²) in [4.78, 5) is 4.17. The maximum absolute atomic E-state index is 12.0. The van der Waals surface area contributed by atoms with Crippen LogP contribution in [0.2, 0.25) is 0 Å². The van der Waals surface area contributed by atoms with Crippen LogP contribution >= 0.6 is 11.6 Å². The summed E-state index contributed by atoms with van der Waals surface area (Å²) in [5, 5.41) is 0. The highest BCUT2D eigenvalue weighted by Gasteiger charge is 2.53. The van der Waals surface area contributed by atoms with Crippen molar-refractivity contribution in [3.05, 3.63) is 23.9 Å². The predicted octanol–water partition coefficient (Wildman–Crippen LogP) is 1.79. The monoisotopic (exact) mass is 346 g/mol. The molecule has 1 aromatic heterocycles. The quantitative estimate of drug-likeness (QED) is 0.794. The SMILES string of the molecule is O=S(=O)(NCc1ccnc(OC2CCOCC2)c1)C1(Cl)CC1. The van der Waals surface area contributed by atoms with Gasteiger partial charge >= 0.3 is 0 Å². The Labute approximate surface area is 135 Å². The molecule has 1 saturated carbocycles. The number of rotatable bonds is 6. The number of aromatic nitrogens is 1. The predicted molar refractivity (Wildman–Crippen MR) is 82.3 cm³/mol. The van der Waals surface area contributed by atoms with E-state index in [0.29, 0.717) is 31.9 Å². The van der Waals surface area contributed by atoms with Crippen LogP contribution in [-0.2, 0) is 21.3 Å². The van der Waals surface area contributed by atoms with E-state index in [1.807, 2.05) is 0 Å². The number of halogens is 1. The van der Waals surface area contributed by atoms with E-state index in [2.05, 4.69) is 9.71 Å². The Kier molecular flexibility index (Phi) is 4.59. The summed E-state index contributed by atoms with van der Waals surface area (Å²) in [5.74, 6) is 0.510. The Balaban J connectivity index is 1.59. The van der Waals surface area contributed by atoms with Crippen molar-refractivity contribution in [2.24, 2.45) is 0 Å². The number of hydrogen-bond acceptors (Lipinski definition) is 5. The summed E-state index contributed by atoms with van der Waals surface area (Å²) in [6, 6.07) is 3.51. The van der Waals surface area contributed by atoms with Crippen LogP contribution in [0.4, 0.5) is 0 Å². The van der Waals surface area contributed by atoms with Crippen molar-refractivity contribution in [2.75, 3.05) is 13.2 Å². The minimum Gasteiger partial charge on any atom is -0.474 e. The van der Waals surface area contributed by atoms with E-state index in [-0.39, 0.29) is 12.6 Å². The zero-order valence-corrected chi connectivity index (χ0v) is 13.7. The summed E-state index contributed by atoms with van der Waals surface area (Å²) < 4.78 is 36.5. The first-order chi connectivity index (χ1) is 10.5. The average Bonchev–Trinajstić information content (AvgIpc) is 3.27. The van der Waals surface area contributed by atoms with Crippen molar-refractivity contribution in [1.29, 1.82) is 0 Å². The zero-order chi connectivity index (χ0) is 15.6. The maximum Gasteiger partial charge on any atom is 0.231 e. The molecule has 8 heteroatoms. The smallest absolute Gasteiger partial charge is 0.231 e. The van der Waals surface area contributed by atoms with E-state index in [4.69, 9.17) is 21.1 Å². The van der Waals surface area contributed by atoms with Crippen molar-refractivity contribution >= 4 is 21.6 Å². The fraction of sp³-hybridized carbons (Fsp3) is 0.643. The third-order valence-corrected chi connectivity index (χ3v) is 6.73. The van der Waals surface area contributed by atoms with Crippen LogP contribution in [0, 0.1) is 0 Å². The Morgan fingerprint density at radius 2 is 2.14 bits per heavy atom. The standard InChI is InChI=1S/C14H19ClN2O4S/c15-14(4-5-14)22(18,19)17-10-11-1-6-16-13(9-11)21-12-2-7-20-8-3-12/h1,6,9,12,17H,2-5,7-8,10H2. The minimum atomic E-state index is -3.49.